The minimum Gasteiger partial charge on any atom is -0.481 e. The largest absolute Gasteiger partial charge is 0.481 e. The van der Waals surface area contributed by atoms with Gasteiger partial charge in [-0.15, -0.1) is 0 Å². The predicted molar refractivity (Wildman–Crippen MR) is 74.2 cm³/mol. The van der Waals surface area contributed by atoms with Crippen molar-refractivity contribution in [2.75, 3.05) is 6.54 Å². The molecule has 1 rings (SSSR count). The van der Waals surface area contributed by atoms with E-state index in [2.05, 4.69) is 10.3 Å². The standard InChI is InChI=1S/C13H22N4O3/c1-10(2)17(7-4-5-12(18)19)13(20)15-9-11-14-6-8-16(11)3/h6,8,10H,4-5,7,9H2,1-3H3,(H,15,20)(H,18,19). The molecule has 7 heteroatoms. The Morgan fingerprint density at radius 2 is 2.20 bits per heavy atom. The first kappa shape index (κ1) is 16.0. The zero-order valence-electron chi connectivity index (χ0n) is 12.2. The molecule has 0 radical (unpaired) electrons. The Morgan fingerprint density at radius 1 is 1.50 bits per heavy atom. The maximum Gasteiger partial charge on any atom is 0.318 e. The fourth-order valence-corrected chi connectivity index (χ4v) is 1.82. The van der Waals surface area contributed by atoms with Crippen LogP contribution in [0.3, 0.4) is 0 Å². The summed E-state index contributed by atoms with van der Waals surface area (Å²) in [6.45, 7) is 4.59. The SMILES string of the molecule is CC(C)N(CCCC(=O)O)C(=O)NCc1nccn1C. The fourth-order valence-electron chi connectivity index (χ4n) is 1.82. The van der Waals surface area contributed by atoms with Crippen molar-refractivity contribution >= 4 is 12.0 Å². The number of hydrogen-bond donors (Lipinski definition) is 2. The van der Waals surface area contributed by atoms with Gasteiger partial charge in [0, 0.05) is 38.4 Å². The topological polar surface area (TPSA) is 87.5 Å². The Morgan fingerprint density at radius 3 is 2.70 bits per heavy atom. The van der Waals surface area contributed by atoms with Crippen LogP contribution >= 0.6 is 0 Å². The molecule has 0 atom stereocenters. The number of aryl methyl sites for hydroxylation is 1. The molecule has 0 saturated heterocycles. The summed E-state index contributed by atoms with van der Waals surface area (Å²) in [5.41, 5.74) is 0. The molecule has 0 aliphatic carbocycles. The van der Waals surface area contributed by atoms with Gasteiger partial charge in [0.2, 0.25) is 0 Å². The lowest BCUT2D eigenvalue weighted by atomic mass is 10.2. The van der Waals surface area contributed by atoms with Crippen LogP contribution in [-0.2, 0) is 18.4 Å². The summed E-state index contributed by atoms with van der Waals surface area (Å²) in [6.07, 6.45) is 4.00. The summed E-state index contributed by atoms with van der Waals surface area (Å²) in [7, 11) is 1.86. The van der Waals surface area contributed by atoms with E-state index in [0.717, 1.165) is 5.82 Å². The highest BCUT2D eigenvalue weighted by Gasteiger charge is 2.17. The van der Waals surface area contributed by atoms with Crippen molar-refractivity contribution < 1.29 is 14.7 Å². The second-order valence-electron chi connectivity index (χ2n) is 4.90. The summed E-state index contributed by atoms with van der Waals surface area (Å²) in [4.78, 5) is 28.4. The van der Waals surface area contributed by atoms with Gasteiger partial charge in [-0.05, 0) is 20.3 Å². The zero-order valence-corrected chi connectivity index (χ0v) is 12.2. The summed E-state index contributed by atoms with van der Waals surface area (Å²) >= 11 is 0. The van der Waals surface area contributed by atoms with E-state index in [1.165, 1.54) is 0 Å². The van der Waals surface area contributed by atoms with Gasteiger partial charge in [-0.1, -0.05) is 0 Å². The van der Waals surface area contributed by atoms with Gasteiger partial charge in [0.1, 0.15) is 5.82 Å². The molecule has 0 fully saturated rings. The van der Waals surface area contributed by atoms with Gasteiger partial charge >= 0.3 is 12.0 Å². The van der Waals surface area contributed by atoms with E-state index in [0.29, 0.717) is 19.5 Å². The number of hydrogen-bond acceptors (Lipinski definition) is 3. The van der Waals surface area contributed by atoms with E-state index in [9.17, 15) is 9.59 Å². The van der Waals surface area contributed by atoms with Crippen LogP contribution < -0.4 is 5.32 Å². The third-order valence-corrected chi connectivity index (χ3v) is 2.99. The van der Waals surface area contributed by atoms with Crippen LogP contribution in [0, 0.1) is 0 Å². The van der Waals surface area contributed by atoms with Crippen molar-refractivity contribution in [1.29, 1.82) is 0 Å². The summed E-state index contributed by atoms with van der Waals surface area (Å²) < 4.78 is 1.84. The second-order valence-corrected chi connectivity index (χ2v) is 4.90. The second kappa shape index (κ2) is 7.52. The lowest BCUT2D eigenvalue weighted by Gasteiger charge is -2.26. The van der Waals surface area contributed by atoms with Gasteiger partial charge in [-0.25, -0.2) is 9.78 Å². The number of carboxylic acids is 1. The molecule has 0 aromatic carbocycles. The molecular formula is C13H22N4O3. The Kier molecular flexibility index (Phi) is 6.02. The van der Waals surface area contributed by atoms with Crippen molar-refractivity contribution in [3.63, 3.8) is 0 Å². The Labute approximate surface area is 118 Å². The number of urea groups is 1. The van der Waals surface area contributed by atoms with Crippen LogP contribution in [0.5, 0.6) is 0 Å². The van der Waals surface area contributed by atoms with E-state index in [-0.39, 0.29) is 18.5 Å². The number of nitrogens with one attached hydrogen (secondary N) is 1. The number of carbonyl (C=O) groups excluding carboxylic acids is 1. The van der Waals surface area contributed by atoms with E-state index >= 15 is 0 Å². The normalized spacial score (nSPS) is 10.6. The van der Waals surface area contributed by atoms with Gasteiger partial charge < -0.3 is 19.9 Å². The van der Waals surface area contributed by atoms with E-state index in [1.807, 2.05) is 31.7 Å². The number of aliphatic carboxylic acids is 1. The predicted octanol–water partition coefficient (Wildman–Crippen LogP) is 1.20. The molecule has 0 unspecified atom stereocenters. The van der Waals surface area contributed by atoms with Crippen LogP contribution in [0.4, 0.5) is 4.79 Å². The van der Waals surface area contributed by atoms with Crippen molar-refractivity contribution in [3.05, 3.63) is 18.2 Å². The van der Waals surface area contributed by atoms with Gasteiger partial charge in [-0.3, -0.25) is 4.79 Å². The van der Waals surface area contributed by atoms with Crippen molar-refractivity contribution in [2.24, 2.45) is 7.05 Å². The molecule has 0 aliphatic rings. The molecule has 0 aliphatic heterocycles. The van der Waals surface area contributed by atoms with Gasteiger partial charge in [0.05, 0.1) is 6.54 Å². The maximum absolute atomic E-state index is 12.1. The molecule has 2 amide bonds. The molecule has 112 valence electrons. The number of aromatic nitrogens is 2. The van der Waals surface area contributed by atoms with Crippen LogP contribution in [0.15, 0.2) is 12.4 Å². The number of imidazole rings is 1. The Balaban J connectivity index is 2.47. The van der Waals surface area contributed by atoms with E-state index in [1.54, 1.807) is 11.1 Å². The van der Waals surface area contributed by atoms with Crippen molar-refractivity contribution in [2.45, 2.75) is 39.3 Å². The smallest absolute Gasteiger partial charge is 0.318 e. The minimum absolute atomic E-state index is 0.0187. The third-order valence-electron chi connectivity index (χ3n) is 2.99. The van der Waals surface area contributed by atoms with Crippen LogP contribution in [0.1, 0.15) is 32.5 Å². The molecular weight excluding hydrogens is 260 g/mol. The van der Waals surface area contributed by atoms with Crippen molar-refractivity contribution in [3.8, 4) is 0 Å². The Bertz CT molecular complexity index is 456. The summed E-state index contributed by atoms with van der Waals surface area (Å²) in [5.74, 6) is -0.0743. The first-order valence-corrected chi connectivity index (χ1v) is 6.64. The van der Waals surface area contributed by atoms with E-state index < -0.39 is 5.97 Å². The highest BCUT2D eigenvalue weighted by Crippen LogP contribution is 2.03. The number of nitrogens with zero attached hydrogens (tertiary/aromatic N) is 3. The van der Waals surface area contributed by atoms with Crippen LogP contribution in [0.25, 0.3) is 0 Å². The van der Waals surface area contributed by atoms with Crippen LogP contribution in [-0.4, -0.2) is 44.1 Å². The number of carboxylic acid groups (broad SMARTS) is 1. The number of amides is 2. The third kappa shape index (κ3) is 4.91. The molecule has 20 heavy (non-hydrogen) atoms. The Hall–Kier alpha value is -2.05. The number of carbonyl (C=O) groups is 2. The van der Waals surface area contributed by atoms with Crippen LogP contribution in [0.2, 0.25) is 0 Å². The molecule has 1 heterocycles. The minimum atomic E-state index is -0.845. The monoisotopic (exact) mass is 282 g/mol. The van der Waals surface area contributed by atoms with Gasteiger partial charge in [0.25, 0.3) is 0 Å². The average Bonchev–Trinajstić information content (AvgIpc) is 2.76. The molecule has 0 spiro atoms. The molecule has 1 aromatic heterocycles. The molecule has 7 nitrogen and oxygen atoms in total. The lowest BCUT2D eigenvalue weighted by Crippen LogP contribution is -2.44. The summed E-state index contributed by atoms with van der Waals surface area (Å²) in [6, 6.07) is -0.182. The first-order chi connectivity index (χ1) is 9.41. The molecule has 2 N–H and O–H groups in total. The van der Waals surface area contributed by atoms with Gasteiger partial charge in [0.15, 0.2) is 0 Å². The van der Waals surface area contributed by atoms with Crippen molar-refractivity contribution in [1.82, 2.24) is 19.8 Å². The quantitative estimate of drug-likeness (QED) is 0.786. The molecule has 0 saturated carbocycles. The number of rotatable bonds is 7. The maximum atomic E-state index is 12.1. The summed E-state index contributed by atoms with van der Waals surface area (Å²) in [5, 5.41) is 11.4. The van der Waals surface area contributed by atoms with E-state index in [4.69, 9.17) is 5.11 Å². The fraction of sp³-hybridized carbons (Fsp3) is 0.615. The highest BCUT2D eigenvalue weighted by atomic mass is 16.4. The highest BCUT2D eigenvalue weighted by molar-refractivity contribution is 5.74. The average molecular weight is 282 g/mol. The first-order valence-electron chi connectivity index (χ1n) is 6.64. The van der Waals surface area contributed by atoms with Gasteiger partial charge in [-0.2, -0.15) is 0 Å². The molecule has 1 aromatic rings. The zero-order chi connectivity index (χ0) is 15.1. The lowest BCUT2D eigenvalue weighted by molar-refractivity contribution is -0.137. The molecule has 0 bridgehead atoms.